The fraction of sp³-hybridized carbons (Fsp3) is 0.615. The minimum Gasteiger partial charge on any atom is -0.384 e. The highest BCUT2D eigenvalue weighted by atomic mass is 15.0. The summed E-state index contributed by atoms with van der Waals surface area (Å²) in [5.41, 5.74) is 1.65. The van der Waals surface area contributed by atoms with Gasteiger partial charge < -0.3 is 10.6 Å². The Balaban J connectivity index is 1.93. The zero-order valence-electron chi connectivity index (χ0n) is 10.2. The second-order valence-electron chi connectivity index (χ2n) is 5.05. The van der Waals surface area contributed by atoms with Crippen LogP contribution >= 0.6 is 0 Å². The van der Waals surface area contributed by atoms with Gasteiger partial charge in [0.1, 0.15) is 5.82 Å². The van der Waals surface area contributed by atoms with Crippen LogP contribution in [0.5, 0.6) is 0 Å². The molecule has 3 heteroatoms. The first-order valence-electron chi connectivity index (χ1n) is 6.10. The molecule has 0 saturated heterocycles. The summed E-state index contributed by atoms with van der Waals surface area (Å²) in [5.74, 6) is 0.918. The first kappa shape index (κ1) is 11.2. The predicted molar refractivity (Wildman–Crippen MR) is 68.8 cm³/mol. The van der Waals surface area contributed by atoms with Crippen molar-refractivity contribution in [2.75, 3.05) is 24.2 Å². The molecule has 2 N–H and O–H groups in total. The van der Waals surface area contributed by atoms with Crippen LogP contribution in [0.4, 0.5) is 11.5 Å². The summed E-state index contributed by atoms with van der Waals surface area (Å²) >= 11 is 0. The number of rotatable bonds is 4. The van der Waals surface area contributed by atoms with E-state index < -0.39 is 0 Å². The highest BCUT2D eigenvalue weighted by molar-refractivity contribution is 5.51. The average Bonchev–Trinajstić information content (AvgIpc) is 2.75. The molecule has 16 heavy (non-hydrogen) atoms. The smallest absolute Gasteiger partial charge is 0.127 e. The minimum absolute atomic E-state index is 0.489. The van der Waals surface area contributed by atoms with Gasteiger partial charge in [-0.05, 0) is 24.3 Å². The van der Waals surface area contributed by atoms with Crippen LogP contribution in [0.3, 0.4) is 0 Å². The molecule has 2 rings (SSSR count). The molecule has 0 amide bonds. The van der Waals surface area contributed by atoms with Gasteiger partial charge in [-0.3, -0.25) is 0 Å². The highest BCUT2D eigenvalue weighted by Crippen LogP contribution is 2.37. The van der Waals surface area contributed by atoms with E-state index in [-0.39, 0.29) is 0 Å². The van der Waals surface area contributed by atoms with E-state index in [1.54, 1.807) is 0 Å². The van der Waals surface area contributed by atoms with Gasteiger partial charge in [-0.15, -0.1) is 0 Å². The lowest BCUT2D eigenvalue weighted by Crippen LogP contribution is -2.22. The Hall–Kier alpha value is -1.25. The number of nitrogens with zero attached hydrogens (tertiary/aromatic N) is 1. The molecule has 1 aromatic rings. The molecule has 0 aliphatic heterocycles. The standard InChI is InChI=1S/C13H21N3/c1-13(6-3-4-7-13)10-16-11-5-8-15-12(9-11)14-2/h5,8-9H,3-4,6-7,10H2,1-2H3,(H2,14,15,16). The number of nitrogens with one attached hydrogen (secondary N) is 2. The SMILES string of the molecule is CNc1cc(NCC2(C)CCCC2)ccn1. The van der Waals surface area contributed by atoms with Gasteiger partial charge in [-0.25, -0.2) is 4.98 Å². The van der Waals surface area contributed by atoms with Crippen LogP contribution in [0.1, 0.15) is 32.6 Å². The van der Waals surface area contributed by atoms with E-state index in [1.165, 1.54) is 25.7 Å². The number of anilines is 2. The summed E-state index contributed by atoms with van der Waals surface area (Å²) < 4.78 is 0. The Kier molecular flexibility index (Phi) is 3.32. The molecule has 0 radical (unpaired) electrons. The van der Waals surface area contributed by atoms with E-state index in [9.17, 15) is 0 Å². The molecule has 1 aromatic heterocycles. The summed E-state index contributed by atoms with van der Waals surface area (Å²) in [5, 5.41) is 6.58. The molecule has 1 saturated carbocycles. The van der Waals surface area contributed by atoms with E-state index >= 15 is 0 Å². The van der Waals surface area contributed by atoms with Crippen LogP contribution in [0.2, 0.25) is 0 Å². The molecule has 1 aliphatic rings. The van der Waals surface area contributed by atoms with Crippen LogP contribution in [-0.2, 0) is 0 Å². The lowest BCUT2D eigenvalue weighted by molar-refractivity contribution is 0.362. The number of pyridine rings is 1. The zero-order chi connectivity index (χ0) is 11.4. The molecule has 0 aromatic carbocycles. The average molecular weight is 219 g/mol. The Morgan fingerprint density at radius 1 is 1.38 bits per heavy atom. The molecule has 0 bridgehead atoms. The van der Waals surface area contributed by atoms with E-state index in [0.717, 1.165) is 18.1 Å². The van der Waals surface area contributed by atoms with Gasteiger partial charge in [0.2, 0.25) is 0 Å². The van der Waals surface area contributed by atoms with Crippen LogP contribution in [0.25, 0.3) is 0 Å². The van der Waals surface area contributed by atoms with Crippen molar-refractivity contribution in [2.45, 2.75) is 32.6 Å². The Morgan fingerprint density at radius 3 is 2.81 bits per heavy atom. The van der Waals surface area contributed by atoms with Crippen molar-refractivity contribution in [1.29, 1.82) is 0 Å². The molecule has 0 atom stereocenters. The van der Waals surface area contributed by atoms with Crippen molar-refractivity contribution in [3.05, 3.63) is 18.3 Å². The van der Waals surface area contributed by atoms with Crippen molar-refractivity contribution in [3.8, 4) is 0 Å². The monoisotopic (exact) mass is 219 g/mol. The summed E-state index contributed by atoms with van der Waals surface area (Å²) in [6, 6.07) is 4.08. The summed E-state index contributed by atoms with van der Waals surface area (Å²) in [6.07, 6.45) is 7.31. The molecule has 0 spiro atoms. The van der Waals surface area contributed by atoms with Gasteiger partial charge in [0.25, 0.3) is 0 Å². The predicted octanol–water partition coefficient (Wildman–Crippen LogP) is 3.12. The number of hydrogen-bond donors (Lipinski definition) is 2. The van der Waals surface area contributed by atoms with Crippen LogP contribution in [-0.4, -0.2) is 18.6 Å². The lowest BCUT2D eigenvalue weighted by atomic mass is 9.89. The first-order valence-corrected chi connectivity index (χ1v) is 6.10. The second kappa shape index (κ2) is 4.73. The van der Waals surface area contributed by atoms with Crippen molar-refractivity contribution in [2.24, 2.45) is 5.41 Å². The van der Waals surface area contributed by atoms with Crippen LogP contribution < -0.4 is 10.6 Å². The normalized spacial score (nSPS) is 18.4. The summed E-state index contributed by atoms with van der Waals surface area (Å²) in [4.78, 5) is 4.20. The van der Waals surface area contributed by atoms with Gasteiger partial charge in [-0.2, -0.15) is 0 Å². The molecule has 3 nitrogen and oxygen atoms in total. The lowest BCUT2D eigenvalue weighted by Gasteiger charge is -2.24. The highest BCUT2D eigenvalue weighted by Gasteiger charge is 2.28. The molecular formula is C13H21N3. The molecular weight excluding hydrogens is 198 g/mol. The van der Waals surface area contributed by atoms with Crippen molar-refractivity contribution in [3.63, 3.8) is 0 Å². The largest absolute Gasteiger partial charge is 0.384 e. The maximum Gasteiger partial charge on any atom is 0.127 e. The fourth-order valence-electron chi connectivity index (χ4n) is 2.40. The third-order valence-corrected chi connectivity index (χ3v) is 3.55. The van der Waals surface area contributed by atoms with E-state index in [4.69, 9.17) is 0 Å². The van der Waals surface area contributed by atoms with Gasteiger partial charge in [0, 0.05) is 31.5 Å². The summed E-state index contributed by atoms with van der Waals surface area (Å²) in [6.45, 7) is 3.45. The van der Waals surface area contributed by atoms with Crippen molar-refractivity contribution in [1.82, 2.24) is 4.98 Å². The Bertz CT molecular complexity index is 343. The van der Waals surface area contributed by atoms with Gasteiger partial charge in [-0.1, -0.05) is 19.8 Å². The molecule has 1 aliphatic carbocycles. The van der Waals surface area contributed by atoms with E-state index in [0.29, 0.717) is 5.41 Å². The summed E-state index contributed by atoms with van der Waals surface area (Å²) in [7, 11) is 1.89. The maximum atomic E-state index is 4.20. The number of aromatic nitrogens is 1. The van der Waals surface area contributed by atoms with Crippen molar-refractivity contribution < 1.29 is 0 Å². The fourth-order valence-corrected chi connectivity index (χ4v) is 2.40. The second-order valence-corrected chi connectivity index (χ2v) is 5.05. The molecule has 1 fully saturated rings. The number of hydrogen-bond acceptors (Lipinski definition) is 3. The van der Waals surface area contributed by atoms with Crippen LogP contribution in [0.15, 0.2) is 18.3 Å². The first-order chi connectivity index (χ1) is 7.72. The minimum atomic E-state index is 0.489. The maximum absolute atomic E-state index is 4.20. The zero-order valence-corrected chi connectivity index (χ0v) is 10.2. The Labute approximate surface area is 97.7 Å². The van der Waals surface area contributed by atoms with E-state index in [1.807, 2.05) is 19.3 Å². The van der Waals surface area contributed by atoms with E-state index in [2.05, 4.69) is 28.6 Å². The third kappa shape index (κ3) is 2.65. The molecule has 88 valence electrons. The topological polar surface area (TPSA) is 37.0 Å². The molecule has 0 unspecified atom stereocenters. The van der Waals surface area contributed by atoms with Crippen LogP contribution in [0, 0.1) is 5.41 Å². The van der Waals surface area contributed by atoms with Crippen molar-refractivity contribution >= 4 is 11.5 Å². The molecule has 1 heterocycles. The van der Waals surface area contributed by atoms with Gasteiger partial charge >= 0.3 is 0 Å². The van der Waals surface area contributed by atoms with Gasteiger partial charge in [0.15, 0.2) is 0 Å². The van der Waals surface area contributed by atoms with Gasteiger partial charge in [0.05, 0.1) is 0 Å². The quantitative estimate of drug-likeness (QED) is 0.817. The third-order valence-electron chi connectivity index (χ3n) is 3.55. The Morgan fingerprint density at radius 2 is 2.12 bits per heavy atom.